The van der Waals surface area contributed by atoms with Gasteiger partial charge in [0.25, 0.3) is 0 Å². The van der Waals surface area contributed by atoms with E-state index in [1.165, 1.54) is 0 Å². The van der Waals surface area contributed by atoms with Crippen LogP contribution in [0.15, 0.2) is 18.2 Å². The average Bonchev–Trinajstić information content (AvgIpc) is 2.50. The van der Waals surface area contributed by atoms with E-state index in [1.807, 2.05) is 19.1 Å². The quantitative estimate of drug-likeness (QED) is 0.695. The summed E-state index contributed by atoms with van der Waals surface area (Å²) in [7, 11) is 0. The Hall–Kier alpha value is -0.730. The lowest BCUT2D eigenvalue weighted by atomic mass is 10.2. The molecule has 0 N–H and O–H groups in total. The van der Waals surface area contributed by atoms with Gasteiger partial charge in [-0.1, -0.05) is 17.7 Å². The van der Waals surface area contributed by atoms with Gasteiger partial charge in [0, 0.05) is 13.0 Å². The zero-order valence-electron chi connectivity index (χ0n) is 8.34. The number of carbonyl (C=O) groups excluding carboxylic acids is 1. The average molecular weight is 244 g/mol. The van der Waals surface area contributed by atoms with Gasteiger partial charge in [-0.3, -0.25) is 4.79 Å². The first kappa shape index (κ1) is 10.8. The summed E-state index contributed by atoms with van der Waals surface area (Å²) in [4.78, 5) is 13.3. The first-order chi connectivity index (χ1) is 7.08. The molecule has 1 aliphatic heterocycles. The topological polar surface area (TPSA) is 20.3 Å². The number of nitrogens with zero attached hydrogens (tertiary/aromatic N) is 1. The highest BCUT2D eigenvalue weighted by Crippen LogP contribution is 2.31. The molecule has 1 aromatic rings. The van der Waals surface area contributed by atoms with Gasteiger partial charge >= 0.3 is 0 Å². The molecule has 4 heteroatoms. The van der Waals surface area contributed by atoms with Crippen LogP contribution in [-0.4, -0.2) is 17.8 Å². The fourth-order valence-electron chi connectivity index (χ4n) is 1.73. The highest BCUT2D eigenvalue weighted by atomic mass is 35.5. The molecule has 1 aliphatic rings. The SMILES string of the molecule is Cc1ccc(Cl)c(N2CC(Cl)CC2=O)c1. The Kier molecular flexibility index (Phi) is 2.89. The molecule has 1 unspecified atom stereocenters. The van der Waals surface area contributed by atoms with Crippen molar-refractivity contribution in [1.82, 2.24) is 0 Å². The molecule has 1 atom stereocenters. The monoisotopic (exact) mass is 243 g/mol. The summed E-state index contributed by atoms with van der Waals surface area (Å²) in [5, 5.41) is 0.494. The van der Waals surface area contributed by atoms with Crippen molar-refractivity contribution in [2.45, 2.75) is 18.7 Å². The number of amides is 1. The van der Waals surface area contributed by atoms with E-state index in [-0.39, 0.29) is 11.3 Å². The Morgan fingerprint density at radius 1 is 1.47 bits per heavy atom. The van der Waals surface area contributed by atoms with E-state index in [2.05, 4.69) is 0 Å². The molecule has 0 bridgehead atoms. The second-order valence-electron chi connectivity index (χ2n) is 3.76. The van der Waals surface area contributed by atoms with Crippen LogP contribution in [0, 0.1) is 6.92 Å². The van der Waals surface area contributed by atoms with Crippen LogP contribution < -0.4 is 4.90 Å². The number of hydrogen-bond donors (Lipinski definition) is 0. The number of hydrogen-bond acceptors (Lipinski definition) is 1. The van der Waals surface area contributed by atoms with E-state index in [4.69, 9.17) is 23.2 Å². The molecule has 15 heavy (non-hydrogen) atoms. The molecular weight excluding hydrogens is 233 g/mol. The Morgan fingerprint density at radius 2 is 2.20 bits per heavy atom. The molecule has 2 nitrogen and oxygen atoms in total. The van der Waals surface area contributed by atoms with Gasteiger partial charge in [0.1, 0.15) is 0 Å². The Bertz CT molecular complexity index is 406. The molecular formula is C11H11Cl2NO. The maximum Gasteiger partial charge on any atom is 0.228 e. The van der Waals surface area contributed by atoms with Crippen LogP contribution >= 0.6 is 23.2 Å². The second-order valence-corrected chi connectivity index (χ2v) is 4.79. The number of alkyl halides is 1. The third-order valence-electron chi connectivity index (χ3n) is 2.47. The number of carbonyl (C=O) groups is 1. The van der Waals surface area contributed by atoms with Crippen molar-refractivity contribution in [2.75, 3.05) is 11.4 Å². The van der Waals surface area contributed by atoms with Gasteiger partial charge in [0.2, 0.25) is 5.91 Å². The van der Waals surface area contributed by atoms with Gasteiger partial charge in [0.05, 0.1) is 16.1 Å². The number of aryl methyl sites for hydroxylation is 1. The molecule has 0 radical (unpaired) electrons. The van der Waals surface area contributed by atoms with Crippen molar-refractivity contribution in [3.8, 4) is 0 Å². The van der Waals surface area contributed by atoms with Crippen molar-refractivity contribution in [2.24, 2.45) is 0 Å². The summed E-state index contributed by atoms with van der Waals surface area (Å²) < 4.78 is 0. The predicted molar refractivity (Wildman–Crippen MR) is 62.8 cm³/mol. The van der Waals surface area contributed by atoms with Crippen molar-refractivity contribution < 1.29 is 4.79 Å². The summed E-state index contributed by atoms with van der Waals surface area (Å²) in [6.07, 6.45) is 0.395. The largest absolute Gasteiger partial charge is 0.309 e. The molecule has 1 heterocycles. The highest BCUT2D eigenvalue weighted by Gasteiger charge is 2.30. The van der Waals surface area contributed by atoms with Crippen molar-refractivity contribution in [3.63, 3.8) is 0 Å². The lowest BCUT2D eigenvalue weighted by Crippen LogP contribution is -2.24. The van der Waals surface area contributed by atoms with Gasteiger partial charge in [-0.25, -0.2) is 0 Å². The molecule has 1 amide bonds. The molecule has 1 aromatic carbocycles. The first-order valence-electron chi connectivity index (χ1n) is 4.78. The third-order valence-corrected chi connectivity index (χ3v) is 3.08. The number of rotatable bonds is 1. The van der Waals surface area contributed by atoms with Gasteiger partial charge in [0.15, 0.2) is 0 Å². The van der Waals surface area contributed by atoms with Crippen molar-refractivity contribution >= 4 is 34.8 Å². The summed E-state index contributed by atoms with van der Waals surface area (Å²) in [5.74, 6) is 0.0440. The van der Waals surface area contributed by atoms with Crippen LogP contribution in [-0.2, 0) is 4.79 Å². The van der Waals surface area contributed by atoms with Crippen LogP contribution in [0.1, 0.15) is 12.0 Å². The third kappa shape index (κ3) is 2.11. The zero-order chi connectivity index (χ0) is 11.0. The summed E-state index contributed by atoms with van der Waals surface area (Å²) in [5.41, 5.74) is 1.85. The molecule has 0 aromatic heterocycles. The second kappa shape index (κ2) is 4.03. The number of anilines is 1. The van der Waals surface area contributed by atoms with Crippen LogP contribution in [0.5, 0.6) is 0 Å². The molecule has 80 valence electrons. The Balaban J connectivity index is 2.37. The normalized spacial score (nSPS) is 21.1. The minimum Gasteiger partial charge on any atom is -0.309 e. The minimum absolute atomic E-state index is 0.0440. The van der Waals surface area contributed by atoms with Gasteiger partial charge in [-0.2, -0.15) is 0 Å². The summed E-state index contributed by atoms with van der Waals surface area (Å²) in [6, 6.07) is 5.64. The van der Waals surface area contributed by atoms with Gasteiger partial charge in [-0.15, -0.1) is 11.6 Å². The Morgan fingerprint density at radius 3 is 2.80 bits per heavy atom. The van der Waals surface area contributed by atoms with E-state index in [9.17, 15) is 4.79 Å². The number of halogens is 2. The summed E-state index contributed by atoms with van der Waals surface area (Å²) in [6.45, 7) is 2.52. The van der Waals surface area contributed by atoms with Crippen molar-refractivity contribution in [1.29, 1.82) is 0 Å². The van der Waals surface area contributed by atoms with E-state index < -0.39 is 0 Å². The highest BCUT2D eigenvalue weighted by molar-refractivity contribution is 6.34. The van der Waals surface area contributed by atoms with E-state index in [0.29, 0.717) is 18.0 Å². The van der Waals surface area contributed by atoms with Gasteiger partial charge < -0.3 is 4.90 Å². The van der Waals surface area contributed by atoms with E-state index in [1.54, 1.807) is 11.0 Å². The molecule has 0 saturated carbocycles. The maximum absolute atomic E-state index is 11.6. The molecule has 1 saturated heterocycles. The fraction of sp³-hybridized carbons (Fsp3) is 0.364. The number of benzene rings is 1. The predicted octanol–water partition coefficient (Wildman–Crippen LogP) is 2.99. The maximum atomic E-state index is 11.6. The van der Waals surface area contributed by atoms with Crippen LogP contribution in [0.4, 0.5) is 5.69 Å². The molecule has 2 rings (SSSR count). The van der Waals surface area contributed by atoms with E-state index >= 15 is 0 Å². The fourth-order valence-corrected chi connectivity index (χ4v) is 2.22. The lowest BCUT2D eigenvalue weighted by Gasteiger charge is -2.17. The van der Waals surface area contributed by atoms with Crippen LogP contribution in [0.3, 0.4) is 0 Å². The van der Waals surface area contributed by atoms with Crippen molar-refractivity contribution in [3.05, 3.63) is 28.8 Å². The van der Waals surface area contributed by atoms with Gasteiger partial charge in [-0.05, 0) is 24.6 Å². The molecule has 0 spiro atoms. The smallest absolute Gasteiger partial charge is 0.228 e. The molecule has 0 aliphatic carbocycles. The Labute approximate surface area is 98.8 Å². The lowest BCUT2D eigenvalue weighted by molar-refractivity contribution is -0.117. The molecule has 1 fully saturated rings. The van der Waals surface area contributed by atoms with Crippen LogP contribution in [0.2, 0.25) is 5.02 Å². The zero-order valence-corrected chi connectivity index (χ0v) is 9.85. The van der Waals surface area contributed by atoms with Crippen LogP contribution in [0.25, 0.3) is 0 Å². The standard InChI is InChI=1S/C11H11Cl2NO/c1-7-2-3-9(13)10(4-7)14-6-8(12)5-11(14)15/h2-4,8H,5-6H2,1H3. The minimum atomic E-state index is -0.103. The summed E-state index contributed by atoms with van der Waals surface area (Å²) >= 11 is 12.0. The van der Waals surface area contributed by atoms with E-state index in [0.717, 1.165) is 11.3 Å². The first-order valence-corrected chi connectivity index (χ1v) is 5.60.